The maximum absolute atomic E-state index is 9.08. The van der Waals surface area contributed by atoms with Gasteiger partial charge in [-0.05, 0) is 47.8 Å². The SMILES string of the molecule is O/N=C(Sc1ccccn1)\C(=N/O)Sc1ccccn1. The van der Waals surface area contributed by atoms with Crippen LogP contribution in [0.1, 0.15) is 0 Å². The Hall–Kier alpha value is -2.06. The Morgan fingerprint density at radius 3 is 1.55 bits per heavy atom. The van der Waals surface area contributed by atoms with E-state index in [1.807, 2.05) is 12.1 Å². The summed E-state index contributed by atoms with van der Waals surface area (Å²) < 4.78 is 0. The molecule has 0 saturated heterocycles. The largest absolute Gasteiger partial charge is 0.410 e. The third-order valence-corrected chi connectivity index (χ3v) is 4.01. The van der Waals surface area contributed by atoms with Crippen LogP contribution in [0.4, 0.5) is 0 Å². The molecule has 102 valence electrons. The minimum absolute atomic E-state index is 0.141. The lowest BCUT2D eigenvalue weighted by Gasteiger charge is -2.04. The van der Waals surface area contributed by atoms with Gasteiger partial charge in [-0.15, -0.1) is 0 Å². The van der Waals surface area contributed by atoms with E-state index >= 15 is 0 Å². The van der Waals surface area contributed by atoms with Crippen LogP contribution in [0, 0.1) is 0 Å². The van der Waals surface area contributed by atoms with E-state index in [9.17, 15) is 0 Å². The minimum atomic E-state index is 0.141. The molecule has 0 aromatic carbocycles. The molecule has 0 amide bonds. The van der Waals surface area contributed by atoms with Crippen LogP contribution in [0.3, 0.4) is 0 Å². The van der Waals surface area contributed by atoms with E-state index < -0.39 is 0 Å². The summed E-state index contributed by atoms with van der Waals surface area (Å²) in [7, 11) is 0. The highest BCUT2D eigenvalue weighted by molar-refractivity contribution is 8.25. The average Bonchev–Trinajstić information content (AvgIpc) is 2.52. The second-order valence-electron chi connectivity index (χ2n) is 3.35. The zero-order valence-electron chi connectivity index (χ0n) is 10.1. The van der Waals surface area contributed by atoms with Gasteiger partial charge in [-0.1, -0.05) is 22.4 Å². The lowest BCUT2D eigenvalue weighted by Crippen LogP contribution is -2.07. The van der Waals surface area contributed by atoms with Crippen LogP contribution in [-0.2, 0) is 0 Å². The summed E-state index contributed by atoms with van der Waals surface area (Å²) in [4.78, 5) is 8.20. The molecule has 2 N–H and O–H groups in total. The predicted octanol–water partition coefficient (Wildman–Crippen LogP) is 2.94. The monoisotopic (exact) mass is 306 g/mol. The van der Waals surface area contributed by atoms with E-state index in [2.05, 4.69) is 20.3 Å². The molecule has 0 radical (unpaired) electrons. The zero-order chi connectivity index (χ0) is 14.2. The van der Waals surface area contributed by atoms with E-state index in [0.29, 0.717) is 10.1 Å². The summed E-state index contributed by atoms with van der Waals surface area (Å²) in [5, 5.41) is 26.0. The molecule has 0 unspecified atom stereocenters. The fraction of sp³-hybridized carbons (Fsp3) is 0. The smallest absolute Gasteiger partial charge is 0.178 e. The van der Waals surface area contributed by atoms with Gasteiger partial charge in [-0.2, -0.15) is 0 Å². The van der Waals surface area contributed by atoms with E-state index in [1.54, 1.807) is 36.7 Å². The Bertz CT molecular complexity index is 550. The van der Waals surface area contributed by atoms with Gasteiger partial charge >= 0.3 is 0 Å². The number of thioether (sulfide) groups is 2. The van der Waals surface area contributed by atoms with Crippen molar-refractivity contribution in [3.8, 4) is 0 Å². The molecular weight excluding hydrogens is 296 g/mol. The van der Waals surface area contributed by atoms with Crippen molar-refractivity contribution < 1.29 is 10.4 Å². The molecule has 0 fully saturated rings. The molecule has 0 spiro atoms. The zero-order valence-corrected chi connectivity index (χ0v) is 11.8. The van der Waals surface area contributed by atoms with Crippen LogP contribution in [-0.4, -0.2) is 30.5 Å². The van der Waals surface area contributed by atoms with Crippen molar-refractivity contribution in [2.45, 2.75) is 10.1 Å². The molecule has 0 aliphatic carbocycles. The van der Waals surface area contributed by atoms with Crippen LogP contribution < -0.4 is 0 Å². The molecule has 0 saturated carbocycles. The highest BCUT2D eigenvalue weighted by atomic mass is 32.2. The summed E-state index contributed by atoms with van der Waals surface area (Å²) in [5.41, 5.74) is 0. The van der Waals surface area contributed by atoms with Gasteiger partial charge in [0, 0.05) is 12.4 Å². The molecular formula is C12H10N4O2S2. The highest BCUT2D eigenvalue weighted by Gasteiger charge is 2.16. The van der Waals surface area contributed by atoms with E-state index in [1.165, 1.54) is 0 Å². The average molecular weight is 306 g/mol. The third kappa shape index (κ3) is 3.97. The molecule has 8 heteroatoms. The second kappa shape index (κ2) is 7.51. The van der Waals surface area contributed by atoms with E-state index in [4.69, 9.17) is 10.4 Å². The number of hydrogen-bond acceptors (Lipinski definition) is 8. The number of nitrogens with zero attached hydrogens (tertiary/aromatic N) is 4. The first kappa shape index (κ1) is 14.4. The topological polar surface area (TPSA) is 91.0 Å². The van der Waals surface area contributed by atoms with Crippen molar-refractivity contribution in [1.29, 1.82) is 0 Å². The van der Waals surface area contributed by atoms with Gasteiger partial charge < -0.3 is 10.4 Å². The molecule has 2 aromatic rings. The Balaban J connectivity index is 2.13. The number of hydrogen-bond donors (Lipinski definition) is 2. The first-order valence-electron chi connectivity index (χ1n) is 5.45. The summed E-state index contributed by atoms with van der Waals surface area (Å²) in [6.45, 7) is 0. The third-order valence-electron chi connectivity index (χ3n) is 2.04. The van der Waals surface area contributed by atoms with Crippen LogP contribution in [0.2, 0.25) is 0 Å². The standard InChI is InChI=1S/C12H10N4O2S2/c17-15-11(19-9-5-1-3-7-13-9)12(16-18)20-10-6-2-4-8-14-10/h1-8,17-18H/b15-11+,16-12+. The molecule has 0 aliphatic rings. The van der Waals surface area contributed by atoms with Gasteiger partial charge in [0.05, 0.1) is 0 Å². The molecule has 0 atom stereocenters. The first-order valence-corrected chi connectivity index (χ1v) is 7.09. The highest BCUT2D eigenvalue weighted by Crippen LogP contribution is 2.25. The Labute approximate surface area is 123 Å². The van der Waals surface area contributed by atoms with Gasteiger partial charge in [-0.3, -0.25) is 0 Å². The van der Waals surface area contributed by atoms with Gasteiger partial charge in [0.15, 0.2) is 10.1 Å². The molecule has 2 rings (SSSR count). The lowest BCUT2D eigenvalue weighted by molar-refractivity contribution is 0.316. The first-order chi connectivity index (χ1) is 9.83. The minimum Gasteiger partial charge on any atom is -0.410 e. The summed E-state index contributed by atoms with van der Waals surface area (Å²) in [6, 6.07) is 10.7. The quantitative estimate of drug-likeness (QED) is 0.291. The molecule has 6 nitrogen and oxygen atoms in total. The lowest BCUT2D eigenvalue weighted by atomic mass is 10.5. The van der Waals surface area contributed by atoms with Gasteiger partial charge in [-0.25, -0.2) is 9.97 Å². The Morgan fingerprint density at radius 1 is 0.800 bits per heavy atom. The molecule has 0 bridgehead atoms. The van der Waals surface area contributed by atoms with Crippen molar-refractivity contribution in [1.82, 2.24) is 9.97 Å². The van der Waals surface area contributed by atoms with Crippen molar-refractivity contribution in [3.05, 3.63) is 48.8 Å². The van der Waals surface area contributed by atoms with E-state index in [-0.39, 0.29) is 10.1 Å². The van der Waals surface area contributed by atoms with Crippen molar-refractivity contribution >= 4 is 33.6 Å². The fourth-order valence-electron chi connectivity index (χ4n) is 1.23. The van der Waals surface area contributed by atoms with Crippen LogP contribution >= 0.6 is 23.5 Å². The maximum Gasteiger partial charge on any atom is 0.178 e. The second-order valence-corrected chi connectivity index (χ2v) is 5.37. The van der Waals surface area contributed by atoms with Crippen LogP contribution in [0.5, 0.6) is 0 Å². The van der Waals surface area contributed by atoms with Crippen molar-refractivity contribution in [2.24, 2.45) is 10.3 Å². The van der Waals surface area contributed by atoms with Gasteiger partial charge in [0.25, 0.3) is 0 Å². The number of aromatic nitrogens is 2. The van der Waals surface area contributed by atoms with Crippen molar-refractivity contribution in [3.63, 3.8) is 0 Å². The van der Waals surface area contributed by atoms with Gasteiger partial charge in [0.2, 0.25) is 0 Å². The van der Waals surface area contributed by atoms with Crippen molar-refractivity contribution in [2.75, 3.05) is 0 Å². The summed E-state index contributed by atoms with van der Waals surface area (Å²) in [6.07, 6.45) is 3.25. The molecule has 2 aromatic heterocycles. The van der Waals surface area contributed by atoms with E-state index in [0.717, 1.165) is 23.5 Å². The number of pyridine rings is 2. The fourth-order valence-corrected chi connectivity index (χ4v) is 2.73. The van der Waals surface area contributed by atoms with Crippen LogP contribution in [0.25, 0.3) is 0 Å². The predicted molar refractivity (Wildman–Crippen MR) is 78.6 cm³/mol. The normalized spacial score (nSPS) is 12.4. The molecule has 2 heterocycles. The molecule has 20 heavy (non-hydrogen) atoms. The summed E-state index contributed by atoms with van der Waals surface area (Å²) >= 11 is 2.18. The maximum atomic E-state index is 9.08. The Morgan fingerprint density at radius 2 is 1.25 bits per heavy atom. The summed E-state index contributed by atoms with van der Waals surface area (Å²) in [5.74, 6) is 0. The Kier molecular flexibility index (Phi) is 5.39. The van der Waals surface area contributed by atoms with Crippen LogP contribution in [0.15, 0.2) is 69.2 Å². The van der Waals surface area contributed by atoms with Gasteiger partial charge in [0.1, 0.15) is 10.1 Å². The number of oxime groups is 2. The molecule has 0 aliphatic heterocycles. The number of rotatable bonds is 2.